The third kappa shape index (κ3) is 2.45. The zero-order valence-electron chi connectivity index (χ0n) is 11.8. The minimum absolute atomic E-state index is 0.149. The number of thioether (sulfide) groups is 1. The molecule has 1 saturated heterocycles. The maximum Gasteiger partial charge on any atom is 0.265 e. The molecule has 0 saturated carbocycles. The van der Waals surface area contributed by atoms with Crippen LogP contribution in [0.4, 0.5) is 0 Å². The highest BCUT2D eigenvalue weighted by Gasteiger charge is 2.29. The molecule has 1 aromatic carbocycles. The van der Waals surface area contributed by atoms with Gasteiger partial charge in [0.2, 0.25) is 6.79 Å². The van der Waals surface area contributed by atoms with E-state index in [4.69, 9.17) is 33.3 Å². The maximum atomic E-state index is 12.1. The fourth-order valence-electron chi connectivity index (χ4n) is 2.32. The average molecular weight is 365 g/mol. The van der Waals surface area contributed by atoms with Crippen molar-refractivity contribution in [2.75, 3.05) is 13.8 Å². The molecule has 0 spiro atoms. The van der Waals surface area contributed by atoms with E-state index in [1.165, 1.54) is 16.7 Å². The summed E-state index contributed by atoms with van der Waals surface area (Å²) in [4.78, 5) is 18.6. The van der Waals surface area contributed by atoms with Crippen LogP contribution < -0.4 is 9.47 Å². The molecule has 1 amide bonds. The number of likely N-dealkylation sites (N-methyl/N-ethyl adjacent to an activating group) is 1. The summed E-state index contributed by atoms with van der Waals surface area (Å²) in [5, 5.41) is 1.30. The zero-order chi connectivity index (χ0) is 16.1. The second kappa shape index (κ2) is 5.36. The number of rotatable bonds is 1. The lowest BCUT2D eigenvalue weighted by atomic mass is 10.1. The molecular weight excluding hydrogens is 356 g/mol. The summed E-state index contributed by atoms with van der Waals surface area (Å²) in [6.45, 7) is 0.200. The van der Waals surface area contributed by atoms with E-state index in [0.29, 0.717) is 31.4 Å². The van der Waals surface area contributed by atoms with Gasteiger partial charge < -0.3 is 9.47 Å². The second-order valence-electron chi connectivity index (χ2n) is 4.99. The van der Waals surface area contributed by atoms with Gasteiger partial charge in [0.05, 0.1) is 21.1 Å². The third-order valence-corrected chi connectivity index (χ3v) is 5.33. The average Bonchev–Trinajstić information content (AvgIpc) is 3.06. The van der Waals surface area contributed by atoms with E-state index < -0.39 is 0 Å². The Bertz CT molecular complexity index is 913. The number of halogens is 1. The van der Waals surface area contributed by atoms with Crippen LogP contribution in [0.2, 0.25) is 5.02 Å². The van der Waals surface area contributed by atoms with Crippen LogP contribution in [0.25, 0.3) is 17.0 Å². The quantitative estimate of drug-likeness (QED) is 0.570. The normalized spacial score (nSPS) is 18.5. The lowest BCUT2D eigenvalue weighted by Gasteiger charge is -2.05. The van der Waals surface area contributed by atoms with Crippen molar-refractivity contribution in [1.82, 2.24) is 9.88 Å². The number of aromatic nitrogens is 1. The number of hydrogen-bond donors (Lipinski definition) is 0. The molecule has 1 aromatic heterocycles. The van der Waals surface area contributed by atoms with Crippen molar-refractivity contribution in [2.24, 2.45) is 0 Å². The predicted molar refractivity (Wildman–Crippen MR) is 93.8 cm³/mol. The monoisotopic (exact) mass is 364 g/mol. The van der Waals surface area contributed by atoms with E-state index >= 15 is 0 Å². The largest absolute Gasteiger partial charge is 0.454 e. The van der Waals surface area contributed by atoms with Crippen molar-refractivity contribution in [2.45, 2.75) is 0 Å². The van der Waals surface area contributed by atoms with Crippen LogP contribution in [0, 0.1) is 0 Å². The molecule has 4 rings (SSSR count). The summed E-state index contributed by atoms with van der Waals surface area (Å²) >= 11 is 12.7. The maximum absolute atomic E-state index is 12.1. The minimum Gasteiger partial charge on any atom is -0.454 e. The minimum atomic E-state index is -0.149. The molecule has 116 valence electrons. The predicted octanol–water partition coefficient (Wildman–Crippen LogP) is 3.45. The summed E-state index contributed by atoms with van der Waals surface area (Å²) in [6.07, 6.45) is 1.66. The molecule has 0 radical (unpaired) electrons. The standard InChI is InChI=1S/C15H9ClN2O3S2/c1-18-14(19)13(23-15(18)22)5-10-8(16)2-7-3-11-12(21-6-20-11)4-9(7)17-10/h2-5H,6H2,1H3/b13-5-. The Morgan fingerprint density at radius 3 is 2.78 bits per heavy atom. The van der Waals surface area contributed by atoms with Gasteiger partial charge in [-0.3, -0.25) is 9.69 Å². The molecule has 2 aliphatic heterocycles. The fourth-order valence-corrected chi connectivity index (χ4v) is 3.69. The van der Waals surface area contributed by atoms with Crippen LogP contribution in [-0.4, -0.2) is 34.0 Å². The fraction of sp³-hybridized carbons (Fsp3) is 0.133. The first-order chi connectivity index (χ1) is 11.0. The first-order valence-electron chi connectivity index (χ1n) is 6.64. The van der Waals surface area contributed by atoms with Crippen molar-refractivity contribution in [3.8, 4) is 11.5 Å². The van der Waals surface area contributed by atoms with Gasteiger partial charge in [0.1, 0.15) is 4.32 Å². The molecule has 5 nitrogen and oxygen atoms in total. The first-order valence-corrected chi connectivity index (χ1v) is 8.24. The van der Waals surface area contributed by atoms with Crippen molar-refractivity contribution in [3.63, 3.8) is 0 Å². The topological polar surface area (TPSA) is 51.7 Å². The second-order valence-corrected chi connectivity index (χ2v) is 7.08. The van der Waals surface area contributed by atoms with Gasteiger partial charge in [-0.25, -0.2) is 4.98 Å². The highest BCUT2D eigenvalue weighted by molar-refractivity contribution is 8.26. The Kier molecular flexibility index (Phi) is 3.44. The van der Waals surface area contributed by atoms with E-state index in [9.17, 15) is 4.79 Å². The number of thiocarbonyl (C=S) groups is 1. The van der Waals surface area contributed by atoms with Gasteiger partial charge in [-0.05, 0) is 18.2 Å². The Morgan fingerprint density at radius 2 is 2.09 bits per heavy atom. The number of nitrogens with zero attached hydrogens (tertiary/aromatic N) is 2. The summed E-state index contributed by atoms with van der Waals surface area (Å²) in [5.41, 5.74) is 1.24. The molecule has 8 heteroatoms. The summed E-state index contributed by atoms with van der Waals surface area (Å²) < 4.78 is 11.2. The number of pyridine rings is 1. The van der Waals surface area contributed by atoms with Crippen LogP contribution in [0.15, 0.2) is 23.1 Å². The van der Waals surface area contributed by atoms with Gasteiger partial charge in [0.25, 0.3) is 5.91 Å². The molecule has 3 heterocycles. The van der Waals surface area contributed by atoms with E-state index in [-0.39, 0.29) is 12.7 Å². The van der Waals surface area contributed by atoms with E-state index in [2.05, 4.69) is 4.98 Å². The lowest BCUT2D eigenvalue weighted by molar-refractivity contribution is -0.121. The van der Waals surface area contributed by atoms with Crippen molar-refractivity contribution in [3.05, 3.63) is 33.8 Å². The highest BCUT2D eigenvalue weighted by Crippen LogP contribution is 2.37. The molecular formula is C15H9ClN2O3S2. The van der Waals surface area contributed by atoms with Crippen LogP contribution in [0.1, 0.15) is 5.69 Å². The van der Waals surface area contributed by atoms with Crippen molar-refractivity contribution < 1.29 is 14.3 Å². The van der Waals surface area contributed by atoms with Gasteiger partial charge in [-0.15, -0.1) is 0 Å². The van der Waals surface area contributed by atoms with Gasteiger partial charge in [-0.2, -0.15) is 0 Å². The van der Waals surface area contributed by atoms with Crippen LogP contribution >= 0.6 is 35.6 Å². The lowest BCUT2D eigenvalue weighted by Crippen LogP contribution is -2.22. The van der Waals surface area contributed by atoms with Crippen molar-refractivity contribution >= 4 is 62.8 Å². The molecule has 0 unspecified atom stereocenters. The van der Waals surface area contributed by atoms with E-state index in [0.717, 1.165) is 10.9 Å². The number of amides is 1. The summed E-state index contributed by atoms with van der Waals surface area (Å²) in [5.74, 6) is 1.18. The number of hydrogen-bond acceptors (Lipinski definition) is 6. The zero-order valence-corrected chi connectivity index (χ0v) is 14.2. The smallest absolute Gasteiger partial charge is 0.265 e. The highest BCUT2D eigenvalue weighted by atomic mass is 35.5. The SMILES string of the molecule is CN1C(=O)/C(=C/c2nc3cc4c(cc3cc2Cl)OCO4)SC1=S. The number of carbonyl (C=O) groups is 1. The summed E-state index contributed by atoms with van der Waals surface area (Å²) in [7, 11) is 1.65. The van der Waals surface area contributed by atoms with Crippen LogP contribution in [0.3, 0.4) is 0 Å². The van der Waals surface area contributed by atoms with Crippen LogP contribution in [-0.2, 0) is 4.79 Å². The molecule has 0 N–H and O–H groups in total. The Labute approximate surface area is 146 Å². The molecule has 1 fully saturated rings. The molecule has 2 aromatic rings. The Hall–Kier alpha value is -1.83. The van der Waals surface area contributed by atoms with Crippen LogP contribution in [0.5, 0.6) is 11.5 Å². The Balaban J connectivity index is 1.82. The first kappa shape index (κ1) is 14.7. The van der Waals surface area contributed by atoms with E-state index in [1.54, 1.807) is 25.3 Å². The number of benzene rings is 1. The van der Waals surface area contributed by atoms with E-state index in [1.807, 2.05) is 6.07 Å². The number of fused-ring (bicyclic) bond motifs is 2. The molecule has 0 bridgehead atoms. The number of carbonyl (C=O) groups excluding carboxylic acids is 1. The van der Waals surface area contributed by atoms with Gasteiger partial charge in [0.15, 0.2) is 11.5 Å². The van der Waals surface area contributed by atoms with Gasteiger partial charge in [0, 0.05) is 18.5 Å². The van der Waals surface area contributed by atoms with Gasteiger partial charge in [-0.1, -0.05) is 35.6 Å². The molecule has 23 heavy (non-hydrogen) atoms. The summed E-state index contributed by atoms with van der Waals surface area (Å²) in [6, 6.07) is 5.44. The third-order valence-electron chi connectivity index (χ3n) is 3.54. The van der Waals surface area contributed by atoms with Crippen molar-refractivity contribution in [1.29, 1.82) is 0 Å². The Morgan fingerprint density at radius 1 is 1.35 bits per heavy atom. The molecule has 0 atom stereocenters. The molecule has 0 aliphatic carbocycles. The number of ether oxygens (including phenoxy) is 2. The van der Waals surface area contributed by atoms with Gasteiger partial charge >= 0.3 is 0 Å². The molecule has 2 aliphatic rings.